The fourth-order valence-corrected chi connectivity index (χ4v) is 2.58. The summed E-state index contributed by atoms with van der Waals surface area (Å²) < 4.78 is 65.7. The number of ether oxygens (including phenoxy) is 2. The Kier molecular flexibility index (Phi) is 6.01. The second-order valence-electron chi connectivity index (χ2n) is 4.76. The highest BCUT2D eigenvalue weighted by Crippen LogP contribution is 2.26. The van der Waals surface area contributed by atoms with E-state index in [4.69, 9.17) is 9.47 Å². The monoisotopic (exact) mass is 370 g/mol. The van der Waals surface area contributed by atoms with Gasteiger partial charge in [0.2, 0.25) is 0 Å². The SMILES string of the molecule is Fc1c(F)c(COC2CCCCO2)c(F)c(F)c1CCBr. The highest BCUT2D eigenvalue weighted by molar-refractivity contribution is 9.09. The van der Waals surface area contributed by atoms with Crippen LogP contribution in [-0.2, 0) is 22.5 Å². The third-order valence-electron chi connectivity index (χ3n) is 3.34. The number of alkyl halides is 1. The maximum atomic E-state index is 13.9. The minimum absolute atomic E-state index is 0.140. The smallest absolute Gasteiger partial charge is 0.167 e. The molecule has 0 aromatic heterocycles. The summed E-state index contributed by atoms with van der Waals surface area (Å²) in [5.41, 5.74) is -1.34. The number of hydrogen-bond acceptors (Lipinski definition) is 2. The van der Waals surface area contributed by atoms with Gasteiger partial charge in [0.05, 0.1) is 12.2 Å². The van der Waals surface area contributed by atoms with Crippen LogP contribution in [0.4, 0.5) is 17.6 Å². The molecule has 0 spiro atoms. The van der Waals surface area contributed by atoms with Gasteiger partial charge in [-0.1, -0.05) is 15.9 Å². The van der Waals surface area contributed by atoms with E-state index in [0.717, 1.165) is 12.8 Å². The van der Waals surface area contributed by atoms with Crippen molar-refractivity contribution in [2.75, 3.05) is 11.9 Å². The summed E-state index contributed by atoms with van der Waals surface area (Å²) >= 11 is 2.99. The minimum Gasteiger partial charge on any atom is -0.353 e. The zero-order valence-electron chi connectivity index (χ0n) is 11.2. The first-order valence-corrected chi connectivity index (χ1v) is 7.81. The van der Waals surface area contributed by atoms with E-state index in [2.05, 4.69) is 15.9 Å². The Labute approximate surface area is 128 Å². The van der Waals surface area contributed by atoms with Crippen LogP contribution >= 0.6 is 15.9 Å². The molecule has 1 heterocycles. The molecule has 0 bridgehead atoms. The van der Waals surface area contributed by atoms with Crippen molar-refractivity contribution in [3.63, 3.8) is 0 Å². The van der Waals surface area contributed by atoms with Crippen LogP contribution < -0.4 is 0 Å². The first kappa shape index (κ1) is 16.7. The average molecular weight is 371 g/mol. The van der Waals surface area contributed by atoms with Crippen LogP contribution in [-0.4, -0.2) is 18.2 Å². The van der Waals surface area contributed by atoms with Gasteiger partial charge in [-0.3, -0.25) is 0 Å². The number of hydrogen-bond donors (Lipinski definition) is 0. The third kappa shape index (κ3) is 3.76. The molecule has 0 radical (unpaired) electrons. The van der Waals surface area contributed by atoms with Crippen molar-refractivity contribution < 1.29 is 27.0 Å². The van der Waals surface area contributed by atoms with Crippen LogP contribution in [0.25, 0.3) is 0 Å². The van der Waals surface area contributed by atoms with E-state index in [9.17, 15) is 17.6 Å². The summed E-state index contributed by atoms with van der Waals surface area (Å²) in [6.45, 7) is -0.0622. The molecule has 7 heteroatoms. The molecule has 2 nitrogen and oxygen atoms in total. The second kappa shape index (κ2) is 7.56. The Balaban J connectivity index is 2.19. The zero-order chi connectivity index (χ0) is 15.4. The Morgan fingerprint density at radius 3 is 2.14 bits per heavy atom. The fourth-order valence-electron chi connectivity index (χ4n) is 2.18. The number of benzene rings is 1. The standard InChI is InChI=1S/C14H15BrF4O2/c15-5-4-8-11(16)13(18)9(14(19)12(8)17)7-21-10-3-1-2-6-20-10/h10H,1-7H2. The van der Waals surface area contributed by atoms with Crippen molar-refractivity contribution in [2.45, 2.75) is 38.6 Å². The lowest BCUT2D eigenvalue weighted by molar-refractivity contribution is -0.169. The van der Waals surface area contributed by atoms with E-state index < -0.39 is 47.3 Å². The Morgan fingerprint density at radius 1 is 1.00 bits per heavy atom. The van der Waals surface area contributed by atoms with Gasteiger partial charge in [0.15, 0.2) is 29.6 Å². The molecule has 1 atom stereocenters. The topological polar surface area (TPSA) is 18.5 Å². The lowest BCUT2D eigenvalue weighted by Gasteiger charge is -2.23. The van der Waals surface area contributed by atoms with Crippen LogP contribution in [0, 0.1) is 23.3 Å². The molecule has 118 valence electrons. The minimum atomic E-state index is -1.40. The quantitative estimate of drug-likeness (QED) is 0.438. The fraction of sp³-hybridized carbons (Fsp3) is 0.571. The van der Waals surface area contributed by atoms with E-state index in [0.29, 0.717) is 13.0 Å². The first-order chi connectivity index (χ1) is 10.1. The lowest BCUT2D eigenvalue weighted by Crippen LogP contribution is -2.23. The van der Waals surface area contributed by atoms with Crippen molar-refractivity contribution in [3.8, 4) is 0 Å². The molecule has 1 saturated heterocycles. The Bertz CT molecular complexity index is 475. The molecule has 0 saturated carbocycles. The molecule has 1 aromatic rings. The predicted molar refractivity (Wildman–Crippen MR) is 72.2 cm³/mol. The van der Waals surface area contributed by atoms with Gasteiger partial charge in [0.25, 0.3) is 0 Å². The maximum Gasteiger partial charge on any atom is 0.167 e. The molecular weight excluding hydrogens is 356 g/mol. The van der Waals surface area contributed by atoms with Gasteiger partial charge in [0.1, 0.15) is 0 Å². The normalized spacial score (nSPS) is 19.0. The van der Waals surface area contributed by atoms with Crippen molar-refractivity contribution in [3.05, 3.63) is 34.4 Å². The van der Waals surface area contributed by atoms with E-state index in [1.54, 1.807) is 0 Å². The van der Waals surface area contributed by atoms with E-state index in [-0.39, 0.29) is 11.8 Å². The lowest BCUT2D eigenvalue weighted by atomic mass is 10.1. The van der Waals surface area contributed by atoms with Gasteiger partial charge >= 0.3 is 0 Å². The zero-order valence-corrected chi connectivity index (χ0v) is 12.8. The van der Waals surface area contributed by atoms with Crippen LogP contribution in [0.5, 0.6) is 0 Å². The average Bonchev–Trinajstić information content (AvgIpc) is 2.51. The van der Waals surface area contributed by atoms with Crippen molar-refractivity contribution in [1.29, 1.82) is 0 Å². The molecule has 0 amide bonds. The predicted octanol–water partition coefficient (Wildman–Crippen LogP) is 4.22. The van der Waals surface area contributed by atoms with E-state index in [1.165, 1.54) is 0 Å². The Morgan fingerprint density at radius 2 is 1.62 bits per heavy atom. The van der Waals surface area contributed by atoms with Gasteiger partial charge in [-0.25, -0.2) is 17.6 Å². The van der Waals surface area contributed by atoms with Crippen molar-refractivity contribution in [2.24, 2.45) is 0 Å². The summed E-state index contributed by atoms with van der Waals surface area (Å²) in [6.07, 6.45) is 1.63. The highest BCUT2D eigenvalue weighted by Gasteiger charge is 2.26. The summed E-state index contributed by atoms with van der Waals surface area (Å²) in [6, 6.07) is 0. The van der Waals surface area contributed by atoms with Gasteiger partial charge in [0, 0.05) is 17.5 Å². The van der Waals surface area contributed by atoms with Crippen LogP contribution in [0.15, 0.2) is 0 Å². The number of rotatable bonds is 5. The largest absolute Gasteiger partial charge is 0.353 e. The molecule has 1 aromatic carbocycles. The molecule has 0 N–H and O–H groups in total. The summed E-state index contributed by atoms with van der Waals surface area (Å²) in [7, 11) is 0. The van der Waals surface area contributed by atoms with Crippen LogP contribution in [0.1, 0.15) is 30.4 Å². The third-order valence-corrected chi connectivity index (χ3v) is 3.74. The number of halogens is 5. The molecular formula is C14H15BrF4O2. The maximum absolute atomic E-state index is 13.9. The van der Waals surface area contributed by atoms with E-state index >= 15 is 0 Å². The van der Waals surface area contributed by atoms with E-state index in [1.807, 2.05) is 0 Å². The molecule has 1 aliphatic heterocycles. The first-order valence-electron chi connectivity index (χ1n) is 6.69. The molecule has 21 heavy (non-hydrogen) atoms. The molecule has 2 rings (SSSR count). The van der Waals surface area contributed by atoms with Crippen LogP contribution in [0.3, 0.4) is 0 Å². The van der Waals surface area contributed by atoms with Gasteiger partial charge < -0.3 is 9.47 Å². The van der Waals surface area contributed by atoms with Gasteiger partial charge in [-0.05, 0) is 25.7 Å². The van der Waals surface area contributed by atoms with Crippen molar-refractivity contribution >= 4 is 15.9 Å². The van der Waals surface area contributed by atoms with Gasteiger partial charge in [-0.15, -0.1) is 0 Å². The molecule has 1 fully saturated rings. The summed E-state index contributed by atoms with van der Waals surface area (Å²) in [4.78, 5) is 0. The van der Waals surface area contributed by atoms with Crippen LogP contribution in [0.2, 0.25) is 0 Å². The van der Waals surface area contributed by atoms with Crippen molar-refractivity contribution in [1.82, 2.24) is 0 Å². The van der Waals surface area contributed by atoms with Gasteiger partial charge in [-0.2, -0.15) is 0 Å². The highest BCUT2D eigenvalue weighted by atomic mass is 79.9. The molecule has 1 unspecified atom stereocenters. The summed E-state index contributed by atoms with van der Waals surface area (Å²) in [5, 5.41) is 0.200. The second-order valence-corrected chi connectivity index (χ2v) is 5.55. The Hall–Kier alpha value is -0.660. The molecule has 0 aliphatic carbocycles. The molecule has 1 aliphatic rings. The summed E-state index contributed by atoms with van der Waals surface area (Å²) in [5.74, 6) is -5.53.